The maximum absolute atomic E-state index is 14.1. The Morgan fingerprint density at radius 2 is 2.14 bits per heavy atom. The molecule has 2 rings (SSSR count). The van der Waals surface area contributed by atoms with E-state index in [1.807, 2.05) is 0 Å². The topological polar surface area (TPSA) is 85.3 Å². The molecule has 0 aliphatic rings. The number of sulfonamides is 1. The number of nitrogens with two attached hydrogens (primary N) is 1. The number of furan rings is 1. The Hall–Kier alpha value is -1.22. The third-order valence-electron chi connectivity index (χ3n) is 2.83. The Morgan fingerprint density at radius 3 is 2.76 bits per heavy atom. The first-order valence-electron chi connectivity index (χ1n) is 6.14. The fraction of sp³-hybridized carbons (Fsp3) is 0.231. The van der Waals surface area contributed by atoms with Crippen molar-refractivity contribution in [3.63, 3.8) is 0 Å². The lowest BCUT2D eigenvalue weighted by molar-refractivity contribution is 0.505. The van der Waals surface area contributed by atoms with Crippen molar-refractivity contribution in [1.82, 2.24) is 4.72 Å². The van der Waals surface area contributed by atoms with Crippen LogP contribution in [0.2, 0.25) is 0 Å². The van der Waals surface area contributed by atoms with E-state index in [4.69, 9.17) is 10.2 Å². The summed E-state index contributed by atoms with van der Waals surface area (Å²) in [5.41, 5.74) is 5.54. The summed E-state index contributed by atoms with van der Waals surface area (Å²) >= 11 is 3.15. The molecular weight excluding hydrogens is 363 g/mol. The summed E-state index contributed by atoms with van der Waals surface area (Å²) in [6, 6.07) is 6.12. The van der Waals surface area contributed by atoms with Crippen molar-refractivity contribution in [2.45, 2.75) is 17.9 Å². The highest BCUT2D eigenvalue weighted by molar-refractivity contribution is 9.10. The van der Waals surface area contributed by atoms with Crippen molar-refractivity contribution in [2.75, 3.05) is 6.54 Å². The van der Waals surface area contributed by atoms with E-state index in [0.29, 0.717) is 16.7 Å². The summed E-state index contributed by atoms with van der Waals surface area (Å²) in [4.78, 5) is -0.420. The van der Waals surface area contributed by atoms with E-state index in [1.165, 1.54) is 18.4 Å². The molecular formula is C13H14BrFN2O3S. The molecule has 1 heterocycles. The van der Waals surface area contributed by atoms with Crippen LogP contribution in [-0.4, -0.2) is 15.0 Å². The standard InChI is InChI=1S/C13H14BrFN2O3S/c14-10-6-9(8-16)13(15)12(7-10)21(18,19)17-4-3-11-2-1-5-20-11/h1-2,5-7,17H,3-4,8,16H2. The first-order chi connectivity index (χ1) is 9.94. The number of halogens is 2. The van der Waals surface area contributed by atoms with Crippen LogP contribution in [0.25, 0.3) is 0 Å². The summed E-state index contributed by atoms with van der Waals surface area (Å²) in [6.45, 7) is 0.0277. The third-order valence-corrected chi connectivity index (χ3v) is 4.75. The highest BCUT2D eigenvalue weighted by atomic mass is 79.9. The van der Waals surface area contributed by atoms with Gasteiger partial charge in [0, 0.05) is 29.5 Å². The number of benzene rings is 1. The summed E-state index contributed by atoms with van der Waals surface area (Å²) < 4.78 is 46.3. The third kappa shape index (κ3) is 3.91. The Balaban J connectivity index is 2.17. The van der Waals surface area contributed by atoms with Crippen LogP contribution in [0, 0.1) is 5.82 Å². The van der Waals surface area contributed by atoms with Gasteiger partial charge in [0.1, 0.15) is 16.5 Å². The Morgan fingerprint density at radius 1 is 1.38 bits per heavy atom. The molecule has 5 nitrogen and oxygen atoms in total. The van der Waals surface area contributed by atoms with Crippen molar-refractivity contribution in [3.05, 3.63) is 52.1 Å². The Labute approximate surface area is 130 Å². The van der Waals surface area contributed by atoms with E-state index in [1.54, 1.807) is 12.1 Å². The first-order valence-corrected chi connectivity index (χ1v) is 8.41. The fourth-order valence-electron chi connectivity index (χ4n) is 1.80. The van der Waals surface area contributed by atoms with Gasteiger partial charge in [-0.15, -0.1) is 0 Å². The molecule has 8 heteroatoms. The minimum absolute atomic E-state index is 0.0831. The van der Waals surface area contributed by atoms with Crippen molar-refractivity contribution in [2.24, 2.45) is 5.73 Å². The molecule has 2 aromatic rings. The summed E-state index contributed by atoms with van der Waals surface area (Å²) in [5, 5.41) is 0. The molecule has 114 valence electrons. The largest absolute Gasteiger partial charge is 0.469 e. The molecule has 21 heavy (non-hydrogen) atoms. The molecule has 0 unspecified atom stereocenters. The lowest BCUT2D eigenvalue weighted by atomic mass is 10.2. The second-order valence-electron chi connectivity index (χ2n) is 4.31. The average Bonchev–Trinajstić information content (AvgIpc) is 2.93. The lowest BCUT2D eigenvalue weighted by Gasteiger charge is -2.10. The van der Waals surface area contributed by atoms with Crippen LogP contribution in [0.15, 0.2) is 44.3 Å². The zero-order chi connectivity index (χ0) is 15.5. The quantitative estimate of drug-likeness (QED) is 0.808. The maximum Gasteiger partial charge on any atom is 0.243 e. The van der Waals surface area contributed by atoms with E-state index in [2.05, 4.69) is 20.7 Å². The zero-order valence-corrected chi connectivity index (χ0v) is 13.4. The van der Waals surface area contributed by atoms with Gasteiger partial charge in [-0.3, -0.25) is 0 Å². The highest BCUT2D eigenvalue weighted by Gasteiger charge is 2.21. The monoisotopic (exact) mass is 376 g/mol. The molecule has 0 saturated heterocycles. The average molecular weight is 377 g/mol. The molecule has 0 aliphatic heterocycles. The van der Waals surface area contributed by atoms with Crippen LogP contribution in [0.3, 0.4) is 0 Å². The van der Waals surface area contributed by atoms with E-state index < -0.39 is 20.7 Å². The van der Waals surface area contributed by atoms with Crippen molar-refractivity contribution in [1.29, 1.82) is 0 Å². The van der Waals surface area contributed by atoms with Gasteiger partial charge in [0.25, 0.3) is 0 Å². The molecule has 0 aliphatic carbocycles. The van der Waals surface area contributed by atoms with Gasteiger partial charge in [0.2, 0.25) is 10.0 Å². The van der Waals surface area contributed by atoms with Crippen molar-refractivity contribution in [3.8, 4) is 0 Å². The zero-order valence-electron chi connectivity index (χ0n) is 11.0. The molecule has 3 N–H and O–H groups in total. The normalized spacial score (nSPS) is 11.8. The molecule has 0 radical (unpaired) electrons. The van der Waals surface area contributed by atoms with E-state index in [0.717, 1.165) is 0 Å². The van der Waals surface area contributed by atoms with Crippen LogP contribution >= 0.6 is 15.9 Å². The maximum atomic E-state index is 14.1. The summed E-state index contributed by atoms with van der Waals surface area (Å²) in [7, 11) is -3.95. The summed E-state index contributed by atoms with van der Waals surface area (Å²) in [5.74, 6) is -0.179. The van der Waals surface area contributed by atoms with E-state index in [9.17, 15) is 12.8 Å². The van der Waals surface area contributed by atoms with Crippen LogP contribution < -0.4 is 10.5 Å². The van der Waals surface area contributed by atoms with Crippen LogP contribution in [-0.2, 0) is 23.0 Å². The Kier molecular flexibility index (Phi) is 5.15. The predicted octanol–water partition coefficient (Wildman–Crippen LogP) is 2.16. The number of hydrogen-bond acceptors (Lipinski definition) is 4. The van der Waals surface area contributed by atoms with Gasteiger partial charge in [-0.25, -0.2) is 17.5 Å². The van der Waals surface area contributed by atoms with E-state index >= 15 is 0 Å². The molecule has 0 amide bonds. The number of hydrogen-bond donors (Lipinski definition) is 2. The lowest BCUT2D eigenvalue weighted by Crippen LogP contribution is -2.27. The fourth-order valence-corrected chi connectivity index (χ4v) is 3.64. The van der Waals surface area contributed by atoms with Crippen LogP contribution in [0.4, 0.5) is 4.39 Å². The van der Waals surface area contributed by atoms with Gasteiger partial charge in [-0.2, -0.15) is 0 Å². The van der Waals surface area contributed by atoms with Gasteiger partial charge in [-0.1, -0.05) is 15.9 Å². The van der Waals surface area contributed by atoms with Gasteiger partial charge in [-0.05, 0) is 24.3 Å². The smallest absolute Gasteiger partial charge is 0.243 e. The second kappa shape index (κ2) is 6.69. The summed E-state index contributed by atoms with van der Waals surface area (Å²) in [6.07, 6.45) is 1.89. The minimum atomic E-state index is -3.95. The SMILES string of the molecule is NCc1cc(Br)cc(S(=O)(=O)NCCc2ccco2)c1F. The van der Waals surface area contributed by atoms with Crippen LogP contribution in [0.1, 0.15) is 11.3 Å². The minimum Gasteiger partial charge on any atom is -0.469 e. The highest BCUT2D eigenvalue weighted by Crippen LogP contribution is 2.23. The van der Waals surface area contributed by atoms with Crippen molar-refractivity contribution < 1.29 is 17.2 Å². The molecule has 0 atom stereocenters. The number of rotatable bonds is 6. The Bertz CT molecular complexity index is 717. The number of nitrogens with one attached hydrogen (secondary N) is 1. The van der Waals surface area contributed by atoms with E-state index in [-0.39, 0.29) is 18.7 Å². The van der Waals surface area contributed by atoms with Crippen molar-refractivity contribution >= 4 is 26.0 Å². The molecule has 1 aromatic heterocycles. The molecule has 0 saturated carbocycles. The molecule has 0 fully saturated rings. The van der Waals surface area contributed by atoms with Crippen LogP contribution in [0.5, 0.6) is 0 Å². The van der Waals surface area contributed by atoms with Gasteiger partial charge in [0.05, 0.1) is 6.26 Å². The second-order valence-corrected chi connectivity index (χ2v) is 6.96. The molecule has 1 aromatic carbocycles. The van der Waals surface area contributed by atoms with Gasteiger partial charge in [0.15, 0.2) is 0 Å². The first kappa shape index (κ1) is 16.2. The molecule has 0 bridgehead atoms. The predicted molar refractivity (Wildman–Crippen MR) is 79.6 cm³/mol. The van der Waals surface area contributed by atoms with Gasteiger partial charge < -0.3 is 10.2 Å². The van der Waals surface area contributed by atoms with Gasteiger partial charge >= 0.3 is 0 Å². The molecule has 0 spiro atoms.